The van der Waals surface area contributed by atoms with Gasteiger partial charge in [-0.2, -0.15) is 0 Å². The van der Waals surface area contributed by atoms with Crippen LogP contribution in [0.2, 0.25) is 50.9 Å². The molecule has 28 heavy (non-hydrogen) atoms. The van der Waals surface area contributed by atoms with E-state index in [0.717, 1.165) is 25.3 Å². The van der Waals surface area contributed by atoms with E-state index in [0.29, 0.717) is 18.8 Å². The van der Waals surface area contributed by atoms with Crippen LogP contribution in [-0.4, -0.2) is 51.0 Å². The van der Waals surface area contributed by atoms with E-state index in [9.17, 15) is 4.79 Å². The van der Waals surface area contributed by atoms with Gasteiger partial charge in [0.1, 0.15) is 6.61 Å². The Morgan fingerprint density at radius 1 is 0.857 bits per heavy atom. The van der Waals surface area contributed by atoms with Gasteiger partial charge in [-0.05, 0) is 64.2 Å². The molecule has 0 rings (SSSR count). The summed E-state index contributed by atoms with van der Waals surface area (Å²) < 4.78 is 24.1. The molecule has 0 amide bonds. The molecular formula is C20H44O5Si3. The number of rotatable bonds is 16. The molecule has 0 atom stereocenters. The highest BCUT2D eigenvalue weighted by Crippen LogP contribution is 2.32. The molecule has 0 saturated carbocycles. The number of esters is 1. The second kappa shape index (κ2) is 13.1. The Balaban J connectivity index is 4.63. The summed E-state index contributed by atoms with van der Waals surface area (Å²) in [7, 11) is -5.61. The van der Waals surface area contributed by atoms with Crippen LogP contribution in [0.1, 0.15) is 40.0 Å². The van der Waals surface area contributed by atoms with Crippen LogP contribution in [0, 0.1) is 0 Å². The second-order valence-electron chi connectivity index (χ2n) is 9.03. The molecule has 0 unspecified atom stereocenters. The minimum Gasteiger partial charge on any atom is -0.460 e. The van der Waals surface area contributed by atoms with E-state index in [1.807, 2.05) is 0 Å². The van der Waals surface area contributed by atoms with Gasteiger partial charge in [-0.25, -0.2) is 4.79 Å². The third-order valence-corrected chi connectivity index (χ3v) is 16.4. The first-order chi connectivity index (χ1) is 12.9. The predicted molar refractivity (Wildman–Crippen MR) is 125 cm³/mol. The molecule has 5 nitrogen and oxygen atoms in total. The number of carbonyl (C=O) groups excluding carboxylic acids is 1. The molecule has 0 aliphatic carbocycles. The highest BCUT2D eigenvalue weighted by Gasteiger charge is 2.42. The minimum atomic E-state index is -2.14. The van der Waals surface area contributed by atoms with E-state index < -0.39 is 25.2 Å². The summed E-state index contributed by atoms with van der Waals surface area (Å²) in [5.41, 5.74) is 0.416. The van der Waals surface area contributed by atoms with Crippen molar-refractivity contribution in [3.8, 4) is 0 Å². The van der Waals surface area contributed by atoms with Crippen LogP contribution in [0.25, 0.3) is 0 Å². The van der Waals surface area contributed by atoms with Crippen molar-refractivity contribution in [2.24, 2.45) is 0 Å². The normalized spacial score (nSPS) is 12.9. The van der Waals surface area contributed by atoms with Crippen molar-refractivity contribution >= 4 is 31.2 Å². The van der Waals surface area contributed by atoms with Crippen LogP contribution in [0.15, 0.2) is 12.2 Å². The zero-order valence-corrected chi connectivity index (χ0v) is 22.6. The fraction of sp³-hybridized carbons (Fsp3) is 0.850. The van der Waals surface area contributed by atoms with Crippen LogP contribution in [0.5, 0.6) is 0 Å². The van der Waals surface area contributed by atoms with Crippen molar-refractivity contribution in [2.45, 2.75) is 90.9 Å². The molecule has 0 bridgehead atoms. The zero-order valence-electron chi connectivity index (χ0n) is 19.6. The van der Waals surface area contributed by atoms with Crippen molar-refractivity contribution < 1.29 is 22.5 Å². The van der Waals surface area contributed by atoms with Crippen molar-refractivity contribution in [2.75, 3.05) is 19.8 Å². The van der Waals surface area contributed by atoms with Gasteiger partial charge >= 0.3 is 14.5 Å². The van der Waals surface area contributed by atoms with E-state index in [2.05, 4.69) is 53.2 Å². The molecule has 0 aromatic carbocycles. The quantitative estimate of drug-likeness (QED) is 0.128. The third-order valence-electron chi connectivity index (χ3n) is 4.16. The van der Waals surface area contributed by atoms with Crippen LogP contribution < -0.4 is 0 Å². The highest BCUT2D eigenvalue weighted by atomic mass is 28.5. The highest BCUT2D eigenvalue weighted by molar-refractivity contribution is 6.88. The predicted octanol–water partition coefficient (Wildman–Crippen LogP) is 5.85. The van der Waals surface area contributed by atoms with Gasteiger partial charge in [0.05, 0.1) is 6.61 Å². The Morgan fingerprint density at radius 2 is 1.43 bits per heavy atom. The van der Waals surface area contributed by atoms with Crippen LogP contribution in [-0.2, 0) is 22.5 Å². The number of hydrogen-bond donors (Lipinski definition) is 0. The summed E-state index contributed by atoms with van der Waals surface area (Å²) in [5.74, 6) is -0.357. The summed E-state index contributed by atoms with van der Waals surface area (Å²) >= 11 is 0. The molecule has 0 aromatic rings. The Bertz CT molecular complexity index is 469. The number of ether oxygens (including phenoxy) is 2. The first-order valence-corrected chi connectivity index (χ1v) is 19.4. The van der Waals surface area contributed by atoms with Crippen molar-refractivity contribution in [3.05, 3.63) is 12.2 Å². The van der Waals surface area contributed by atoms with Crippen LogP contribution in [0.4, 0.5) is 0 Å². The van der Waals surface area contributed by atoms with Crippen LogP contribution >= 0.6 is 0 Å². The molecule has 0 N–H and O–H groups in total. The van der Waals surface area contributed by atoms with Gasteiger partial charge in [-0.15, -0.1) is 0 Å². The first kappa shape index (κ1) is 27.7. The monoisotopic (exact) mass is 448 g/mol. The molecule has 166 valence electrons. The van der Waals surface area contributed by atoms with Gasteiger partial charge in [0, 0.05) is 12.2 Å². The molecule has 0 heterocycles. The van der Waals surface area contributed by atoms with E-state index in [1.54, 1.807) is 6.92 Å². The average Bonchev–Trinajstić information content (AvgIpc) is 2.51. The van der Waals surface area contributed by atoms with Gasteiger partial charge in [-0.3, -0.25) is 0 Å². The van der Waals surface area contributed by atoms with Gasteiger partial charge in [0.15, 0.2) is 16.6 Å². The summed E-state index contributed by atoms with van der Waals surface area (Å²) in [4.78, 5) is 11.3. The SMILES string of the molecule is C=C(C)C(=O)OCCOCCC[Si](CCC)(CCC)O[Si](C)(C)O[Si](C)(C)C. The number of carbonyl (C=O) groups is 1. The van der Waals surface area contributed by atoms with Crippen molar-refractivity contribution in [1.29, 1.82) is 0 Å². The maximum absolute atomic E-state index is 11.3. The summed E-state index contributed by atoms with van der Waals surface area (Å²) in [6.07, 6.45) is 3.29. The fourth-order valence-corrected chi connectivity index (χ4v) is 18.8. The Hall–Kier alpha value is -0.259. The standard InChI is InChI=1S/C20H44O5Si3/c1-10-16-28(17-11-2,25-27(8,9)24-26(5,6)7)18-12-13-22-14-15-23-20(21)19(3)4/h3,10-18H2,1-2,4-9H3. The van der Waals surface area contributed by atoms with Crippen molar-refractivity contribution in [1.82, 2.24) is 0 Å². The Kier molecular flexibility index (Phi) is 13.0. The van der Waals surface area contributed by atoms with E-state index >= 15 is 0 Å². The van der Waals surface area contributed by atoms with Crippen molar-refractivity contribution in [3.63, 3.8) is 0 Å². The molecule has 0 fully saturated rings. The maximum atomic E-state index is 11.3. The maximum Gasteiger partial charge on any atom is 0.333 e. The van der Waals surface area contributed by atoms with Crippen LogP contribution in [0.3, 0.4) is 0 Å². The summed E-state index contributed by atoms with van der Waals surface area (Å²) in [6.45, 7) is 22.2. The second-order valence-corrected chi connectivity index (χ2v) is 21.6. The average molecular weight is 449 g/mol. The summed E-state index contributed by atoms with van der Waals surface area (Å²) in [5, 5.41) is 0. The lowest BCUT2D eigenvalue weighted by Crippen LogP contribution is -2.53. The lowest BCUT2D eigenvalue weighted by atomic mass is 10.4. The van der Waals surface area contributed by atoms with E-state index in [-0.39, 0.29) is 12.6 Å². The Labute approximate surface area is 176 Å². The minimum absolute atomic E-state index is 0.276. The smallest absolute Gasteiger partial charge is 0.333 e. The van der Waals surface area contributed by atoms with E-state index in [4.69, 9.17) is 17.7 Å². The molecule has 0 aromatic heterocycles. The summed E-state index contributed by atoms with van der Waals surface area (Å²) in [6, 6.07) is 3.47. The topological polar surface area (TPSA) is 54.0 Å². The molecule has 0 spiro atoms. The molecule has 0 radical (unpaired) electrons. The van der Waals surface area contributed by atoms with E-state index in [1.165, 1.54) is 12.1 Å². The molecule has 0 aliphatic rings. The first-order valence-electron chi connectivity index (χ1n) is 10.7. The molecular weight excluding hydrogens is 404 g/mol. The fourth-order valence-electron chi connectivity index (χ4n) is 3.63. The van der Waals surface area contributed by atoms with Gasteiger partial charge in [0.25, 0.3) is 0 Å². The molecule has 0 saturated heterocycles. The largest absolute Gasteiger partial charge is 0.460 e. The zero-order chi connectivity index (χ0) is 21.8. The lowest BCUT2D eigenvalue weighted by Gasteiger charge is -2.41. The Morgan fingerprint density at radius 3 is 1.89 bits per heavy atom. The van der Waals surface area contributed by atoms with Gasteiger partial charge in [0.2, 0.25) is 0 Å². The molecule has 0 aliphatic heterocycles. The third kappa shape index (κ3) is 13.1. The molecule has 8 heteroatoms. The van der Waals surface area contributed by atoms with Gasteiger partial charge in [-0.1, -0.05) is 33.3 Å². The number of hydrogen-bond acceptors (Lipinski definition) is 5. The van der Waals surface area contributed by atoms with Gasteiger partial charge < -0.3 is 17.7 Å². The lowest BCUT2D eigenvalue weighted by molar-refractivity contribution is -0.140.